The molecule has 2 aliphatic rings. The zero-order valence-electron chi connectivity index (χ0n) is 17.4. The van der Waals surface area contributed by atoms with Crippen molar-refractivity contribution in [2.24, 2.45) is 17.3 Å². The van der Waals surface area contributed by atoms with Crippen LogP contribution in [0.4, 0.5) is 0 Å². The lowest BCUT2D eigenvalue weighted by molar-refractivity contribution is 0.00304. The first-order chi connectivity index (χ1) is 13.5. The summed E-state index contributed by atoms with van der Waals surface area (Å²) in [6, 6.07) is 0. The van der Waals surface area contributed by atoms with Crippen LogP contribution >= 0.6 is 0 Å². The van der Waals surface area contributed by atoms with E-state index in [1.54, 1.807) is 32.1 Å². The molecule has 0 aromatic carbocycles. The van der Waals surface area contributed by atoms with Gasteiger partial charge in [0.05, 0.1) is 19.8 Å². The van der Waals surface area contributed by atoms with Crippen molar-refractivity contribution < 1.29 is 24.9 Å². The summed E-state index contributed by atoms with van der Waals surface area (Å²) >= 11 is 0. The van der Waals surface area contributed by atoms with E-state index in [0.717, 1.165) is 24.0 Å². The number of hydrogen-bond acceptors (Lipinski definition) is 7. The SMILES string of the molecule is C1CCC(CC2CCCCC2)CC1.CCC(CO)(CO)CO.N=C=O.N=C=O. The minimum atomic E-state index is -0.667. The van der Waals surface area contributed by atoms with Gasteiger partial charge in [0.15, 0.2) is 0 Å². The van der Waals surface area contributed by atoms with Crippen molar-refractivity contribution in [3.63, 3.8) is 0 Å². The first kappa shape index (κ1) is 28.8. The Labute approximate surface area is 169 Å². The molecule has 0 aromatic rings. The highest BCUT2D eigenvalue weighted by Gasteiger charge is 2.25. The van der Waals surface area contributed by atoms with Crippen molar-refractivity contribution >= 4 is 12.2 Å². The van der Waals surface area contributed by atoms with Crippen LogP contribution in [0, 0.1) is 28.1 Å². The molecule has 28 heavy (non-hydrogen) atoms. The number of nitrogens with one attached hydrogen (secondary N) is 2. The first-order valence-electron chi connectivity index (χ1n) is 10.4. The van der Waals surface area contributed by atoms with E-state index in [9.17, 15) is 0 Å². The monoisotopic (exact) mass is 400 g/mol. The molecular weight excluding hydrogens is 360 g/mol. The normalized spacial score (nSPS) is 17.3. The Kier molecular flexibility index (Phi) is 21.0. The summed E-state index contributed by atoms with van der Waals surface area (Å²) in [5, 5.41) is 36.8. The minimum absolute atomic E-state index is 0.156. The minimum Gasteiger partial charge on any atom is -0.396 e. The predicted octanol–water partition coefficient (Wildman–Crippen LogP) is 3.70. The topological polar surface area (TPSA) is 143 Å². The molecule has 0 radical (unpaired) electrons. The third-order valence-corrected chi connectivity index (χ3v) is 5.87. The lowest BCUT2D eigenvalue weighted by Crippen LogP contribution is -2.32. The molecule has 2 saturated carbocycles. The molecule has 0 atom stereocenters. The fourth-order valence-electron chi connectivity index (χ4n) is 3.80. The van der Waals surface area contributed by atoms with E-state index in [1.165, 1.54) is 38.5 Å². The fraction of sp³-hybridized carbons (Fsp3) is 0.905. The van der Waals surface area contributed by atoms with E-state index < -0.39 is 5.41 Å². The van der Waals surface area contributed by atoms with Gasteiger partial charge in [-0.15, -0.1) is 0 Å². The molecular formula is C21H40N2O5. The number of aliphatic hydroxyl groups excluding tert-OH is 3. The molecule has 2 fully saturated rings. The van der Waals surface area contributed by atoms with Crippen LogP contribution in [0.3, 0.4) is 0 Å². The lowest BCUT2D eigenvalue weighted by Gasteiger charge is -2.28. The van der Waals surface area contributed by atoms with Gasteiger partial charge in [-0.1, -0.05) is 71.1 Å². The highest BCUT2D eigenvalue weighted by atomic mass is 16.3. The Morgan fingerprint density at radius 1 is 0.750 bits per heavy atom. The smallest absolute Gasteiger partial charge is 0.231 e. The van der Waals surface area contributed by atoms with Crippen LogP contribution in [0.25, 0.3) is 0 Å². The molecule has 2 rings (SSSR count). The maximum atomic E-state index is 8.66. The van der Waals surface area contributed by atoms with E-state index in [-0.39, 0.29) is 19.8 Å². The molecule has 5 N–H and O–H groups in total. The van der Waals surface area contributed by atoms with Crippen LogP contribution in [0.15, 0.2) is 0 Å². The summed E-state index contributed by atoms with van der Waals surface area (Å²) in [5.41, 5.74) is -0.667. The van der Waals surface area contributed by atoms with Gasteiger partial charge in [0, 0.05) is 5.41 Å². The molecule has 0 amide bonds. The van der Waals surface area contributed by atoms with Gasteiger partial charge in [0.1, 0.15) is 0 Å². The van der Waals surface area contributed by atoms with Crippen molar-refractivity contribution in [2.45, 2.75) is 84.0 Å². The third-order valence-electron chi connectivity index (χ3n) is 5.87. The van der Waals surface area contributed by atoms with Gasteiger partial charge < -0.3 is 15.3 Å². The zero-order chi connectivity index (χ0) is 21.7. The predicted molar refractivity (Wildman–Crippen MR) is 109 cm³/mol. The van der Waals surface area contributed by atoms with Crippen molar-refractivity contribution in [3.05, 3.63) is 0 Å². The molecule has 164 valence electrons. The molecule has 7 nitrogen and oxygen atoms in total. The van der Waals surface area contributed by atoms with E-state index in [2.05, 4.69) is 0 Å². The summed E-state index contributed by atoms with van der Waals surface area (Å²) in [7, 11) is 0. The van der Waals surface area contributed by atoms with Gasteiger partial charge in [0.25, 0.3) is 0 Å². The summed E-state index contributed by atoms with van der Waals surface area (Å²) < 4.78 is 0. The Morgan fingerprint density at radius 3 is 1.21 bits per heavy atom. The Morgan fingerprint density at radius 2 is 1.04 bits per heavy atom. The van der Waals surface area contributed by atoms with Gasteiger partial charge in [-0.3, -0.25) is 0 Å². The van der Waals surface area contributed by atoms with E-state index >= 15 is 0 Å². The molecule has 0 aromatic heterocycles. The molecule has 0 saturated heterocycles. The van der Waals surface area contributed by atoms with Gasteiger partial charge in [-0.05, 0) is 24.7 Å². The second-order valence-electron chi connectivity index (χ2n) is 7.78. The standard InChI is InChI=1S/C13H24.C6H14O3.2CHNO/c1-3-7-12(8-4-1)11-13-9-5-2-6-10-13;1-2-6(3-7,4-8)5-9;2*2-1-3/h12-13H,1-11H2;7-9H,2-5H2,1H3;2*2H. The van der Waals surface area contributed by atoms with Crippen LogP contribution in [-0.2, 0) is 9.59 Å². The van der Waals surface area contributed by atoms with E-state index in [0.29, 0.717) is 6.42 Å². The third kappa shape index (κ3) is 14.7. The van der Waals surface area contributed by atoms with Crippen LogP contribution in [-0.4, -0.2) is 47.3 Å². The van der Waals surface area contributed by atoms with Crippen LogP contribution < -0.4 is 0 Å². The van der Waals surface area contributed by atoms with Crippen LogP contribution in [0.5, 0.6) is 0 Å². The highest BCUT2D eigenvalue weighted by Crippen LogP contribution is 2.34. The second-order valence-corrected chi connectivity index (χ2v) is 7.78. The second kappa shape index (κ2) is 20.4. The summed E-state index contributed by atoms with van der Waals surface area (Å²) in [5.74, 6) is 2.24. The van der Waals surface area contributed by atoms with E-state index in [4.69, 9.17) is 35.7 Å². The van der Waals surface area contributed by atoms with Crippen LogP contribution in [0.1, 0.15) is 84.0 Å². The summed E-state index contributed by atoms with van der Waals surface area (Å²) in [6.45, 7) is 1.35. The van der Waals surface area contributed by atoms with Gasteiger partial charge >= 0.3 is 0 Å². The Balaban J connectivity index is 0. The molecule has 0 unspecified atom stereocenters. The van der Waals surface area contributed by atoms with E-state index in [1.807, 2.05) is 6.92 Å². The molecule has 2 aliphatic carbocycles. The quantitative estimate of drug-likeness (QED) is 0.341. The molecule has 7 heteroatoms. The number of aliphatic hydroxyl groups is 3. The first-order valence-corrected chi connectivity index (χ1v) is 10.4. The number of isocyanates is 2. The van der Waals surface area contributed by atoms with Crippen molar-refractivity contribution in [2.75, 3.05) is 19.8 Å². The average Bonchev–Trinajstić information content (AvgIpc) is 2.73. The number of carbonyl (C=O) groups excluding carboxylic acids is 2. The van der Waals surface area contributed by atoms with Crippen molar-refractivity contribution in [1.29, 1.82) is 10.8 Å². The molecule has 0 aliphatic heterocycles. The number of rotatable bonds is 6. The highest BCUT2D eigenvalue weighted by molar-refractivity contribution is 5.26. The lowest BCUT2D eigenvalue weighted by atomic mass is 9.78. The Bertz CT molecular complexity index is 358. The maximum Gasteiger partial charge on any atom is 0.231 e. The molecule has 0 bridgehead atoms. The summed E-state index contributed by atoms with van der Waals surface area (Å²) in [4.78, 5) is 16.7. The summed E-state index contributed by atoms with van der Waals surface area (Å²) in [6.07, 6.45) is 19.0. The zero-order valence-corrected chi connectivity index (χ0v) is 17.4. The number of hydrogen-bond donors (Lipinski definition) is 5. The fourth-order valence-corrected chi connectivity index (χ4v) is 3.80. The Hall–Kier alpha value is -1.36. The largest absolute Gasteiger partial charge is 0.396 e. The van der Waals surface area contributed by atoms with Crippen molar-refractivity contribution in [3.8, 4) is 0 Å². The molecule has 0 heterocycles. The van der Waals surface area contributed by atoms with Gasteiger partial charge in [-0.25, -0.2) is 20.4 Å². The average molecular weight is 401 g/mol. The van der Waals surface area contributed by atoms with Crippen LogP contribution in [0.2, 0.25) is 0 Å². The van der Waals surface area contributed by atoms with Gasteiger partial charge in [0.2, 0.25) is 12.2 Å². The van der Waals surface area contributed by atoms with Gasteiger partial charge in [-0.2, -0.15) is 0 Å². The maximum absolute atomic E-state index is 8.66. The van der Waals surface area contributed by atoms with Crippen molar-refractivity contribution in [1.82, 2.24) is 0 Å². The molecule has 0 spiro atoms.